The van der Waals surface area contributed by atoms with E-state index in [-0.39, 0.29) is 10.1 Å². The molecule has 1 aromatic rings. The van der Waals surface area contributed by atoms with E-state index in [0.717, 1.165) is 17.8 Å². The van der Waals surface area contributed by atoms with E-state index in [9.17, 15) is 9.59 Å². The highest BCUT2D eigenvalue weighted by Crippen LogP contribution is 2.24. The first-order chi connectivity index (χ1) is 12.4. The van der Waals surface area contributed by atoms with Gasteiger partial charge in [0.1, 0.15) is 5.75 Å². The van der Waals surface area contributed by atoms with Crippen LogP contribution < -0.4 is 10.1 Å². The molecule has 7 nitrogen and oxygen atoms in total. The van der Waals surface area contributed by atoms with Crippen LogP contribution in [0.5, 0.6) is 5.75 Å². The van der Waals surface area contributed by atoms with E-state index in [4.69, 9.17) is 16.3 Å². The highest BCUT2D eigenvalue weighted by molar-refractivity contribution is 8.18. The van der Waals surface area contributed by atoms with Crippen molar-refractivity contribution in [2.75, 3.05) is 13.7 Å². The average molecular weight is 396 g/mol. The van der Waals surface area contributed by atoms with Gasteiger partial charge in [-0.2, -0.15) is 5.10 Å². The topological polar surface area (TPSA) is 89.3 Å². The Morgan fingerprint density at radius 1 is 1.42 bits per heavy atom. The summed E-state index contributed by atoms with van der Waals surface area (Å²) in [5.74, 6) is -0.0291. The van der Waals surface area contributed by atoms with E-state index in [1.165, 1.54) is 13.3 Å². The minimum Gasteiger partial charge on any atom is -0.493 e. The number of hydrogen-bond donors (Lipinski definition) is 1. The zero-order valence-corrected chi connectivity index (χ0v) is 16.1. The Bertz CT molecular complexity index is 790. The lowest BCUT2D eigenvalue weighted by Gasteiger charge is -2.11. The van der Waals surface area contributed by atoms with Crippen LogP contribution in [-0.2, 0) is 14.3 Å². The second-order valence-electron chi connectivity index (χ2n) is 5.62. The maximum Gasteiger partial charge on any atom is 0.331 e. The lowest BCUT2D eigenvalue weighted by Crippen LogP contribution is -2.19. The number of esters is 1. The first kappa shape index (κ1) is 20.0. The van der Waals surface area contributed by atoms with Crippen LogP contribution in [0.1, 0.15) is 19.4 Å². The molecule has 1 aromatic carbocycles. The van der Waals surface area contributed by atoms with Gasteiger partial charge >= 0.3 is 5.97 Å². The van der Waals surface area contributed by atoms with Crippen molar-refractivity contribution in [3.05, 3.63) is 39.8 Å². The van der Waals surface area contributed by atoms with E-state index < -0.39 is 11.9 Å². The predicted octanol–water partition coefficient (Wildman–Crippen LogP) is 2.98. The van der Waals surface area contributed by atoms with Crippen LogP contribution in [0.4, 0.5) is 0 Å². The van der Waals surface area contributed by atoms with Gasteiger partial charge in [-0.1, -0.05) is 25.4 Å². The number of thioether (sulfide) groups is 1. The summed E-state index contributed by atoms with van der Waals surface area (Å²) in [5, 5.41) is 11.2. The van der Waals surface area contributed by atoms with Crippen molar-refractivity contribution in [1.29, 1.82) is 0 Å². The number of benzene rings is 1. The van der Waals surface area contributed by atoms with Crippen LogP contribution >= 0.6 is 23.4 Å². The molecule has 0 unspecified atom stereocenters. The second-order valence-corrected chi connectivity index (χ2v) is 7.09. The Labute approximate surface area is 160 Å². The summed E-state index contributed by atoms with van der Waals surface area (Å²) in [7, 11) is 1.24. The highest BCUT2D eigenvalue weighted by atomic mass is 35.5. The Morgan fingerprint density at radius 3 is 2.88 bits per heavy atom. The van der Waals surface area contributed by atoms with Crippen LogP contribution in [0.3, 0.4) is 0 Å². The smallest absolute Gasteiger partial charge is 0.331 e. The number of amidine groups is 1. The number of hydrogen-bond acceptors (Lipinski definition) is 7. The Hall–Kier alpha value is -2.32. The molecule has 9 heteroatoms. The van der Waals surface area contributed by atoms with Gasteiger partial charge in [-0.15, -0.1) is 5.10 Å². The van der Waals surface area contributed by atoms with Gasteiger partial charge in [0, 0.05) is 16.7 Å². The molecule has 138 valence electrons. The Morgan fingerprint density at radius 2 is 2.19 bits per heavy atom. The number of carbonyl (C=O) groups is 2. The van der Waals surface area contributed by atoms with Crippen LogP contribution in [0.15, 0.2) is 39.4 Å². The normalized spacial score (nSPS) is 17.3. The first-order valence-electron chi connectivity index (χ1n) is 7.71. The molecule has 1 fully saturated rings. The molecule has 0 spiro atoms. The number of rotatable bonds is 6. The molecule has 0 bridgehead atoms. The molecule has 2 rings (SSSR count). The maximum atomic E-state index is 11.7. The minimum absolute atomic E-state index is 0.189. The lowest BCUT2D eigenvalue weighted by atomic mass is 10.2. The first-order valence-corrected chi connectivity index (χ1v) is 8.90. The van der Waals surface area contributed by atoms with Crippen LogP contribution in [-0.4, -0.2) is 37.0 Å². The third-order valence-electron chi connectivity index (χ3n) is 2.99. The van der Waals surface area contributed by atoms with E-state index in [2.05, 4.69) is 34.1 Å². The molecule has 26 heavy (non-hydrogen) atoms. The van der Waals surface area contributed by atoms with Crippen molar-refractivity contribution in [2.45, 2.75) is 13.8 Å². The quantitative estimate of drug-likeness (QED) is 0.346. The van der Waals surface area contributed by atoms with Gasteiger partial charge in [-0.25, -0.2) is 4.79 Å². The average Bonchev–Trinajstić information content (AvgIpc) is 2.93. The van der Waals surface area contributed by atoms with Gasteiger partial charge < -0.3 is 9.47 Å². The van der Waals surface area contributed by atoms with Gasteiger partial charge in [0.05, 0.1) is 24.8 Å². The highest BCUT2D eigenvalue weighted by Gasteiger charge is 2.25. The molecule has 0 aromatic heterocycles. The number of halogens is 1. The molecule has 1 aliphatic heterocycles. The summed E-state index contributed by atoms with van der Waals surface area (Å²) in [5.41, 5.74) is 0.669. The number of amides is 1. The maximum absolute atomic E-state index is 11.7. The van der Waals surface area contributed by atoms with Gasteiger partial charge in [-0.05, 0) is 35.9 Å². The lowest BCUT2D eigenvalue weighted by molar-refractivity contribution is -0.135. The zero-order chi connectivity index (χ0) is 19.1. The third kappa shape index (κ3) is 5.89. The third-order valence-corrected chi connectivity index (χ3v) is 4.13. The van der Waals surface area contributed by atoms with Crippen LogP contribution in [0.2, 0.25) is 5.02 Å². The van der Waals surface area contributed by atoms with E-state index in [0.29, 0.717) is 28.9 Å². The molecule has 1 amide bonds. The summed E-state index contributed by atoms with van der Waals surface area (Å²) >= 11 is 7.02. The van der Waals surface area contributed by atoms with Crippen molar-refractivity contribution < 1.29 is 19.1 Å². The molecular weight excluding hydrogens is 378 g/mol. The molecule has 1 N–H and O–H groups in total. The largest absolute Gasteiger partial charge is 0.493 e. The fourth-order valence-corrected chi connectivity index (χ4v) is 2.71. The number of nitrogens with zero attached hydrogens (tertiary/aromatic N) is 2. The second kappa shape index (κ2) is 9.40. The molecule has 0 atom stereocenters. The van der Waals surface area contributed by atoms with Crippen LogP contribution in [0.25, 0.3) is 0 Å². The number of ether oxygens (including phenoxy) is 2. The molecule has 1 aliphatic rings. The molecular formula is C17H18ClN3O4S. The number of carbonyl (C=O) groups excluding carboxylic acids is 2. The number of nitrogens with one attached hydrogen (secondary N) is 1. The van der Waals surface area contributed by atoms with E-state index in [1.54, 1.807) is 18.2 Å². The summed E-state index contributed by atoms with van der Waals surface area (Å²) in [6, 6.07) is 5.21. The molecule has 1 heterocycles. The predicted molar refractivity (Wildman–Crippen MR) is 103 cm³/mol. The van der Waals surface area contributed by atoms with Crippen molar-refractivity contribution >= 4 is 46.6 Å². The SMILES string of the molecule is COC(=O)/C=C1/S/C(=N\N=Cc2cc(Cl)ccc2OCC(C)C)NC1=O. The number of methoxy groups -OCH3 is 1. The van der Waals surface area contributed by atoms with Crippen molar-refractivity contribution in [3.63, 3.8) is 0 Å². The zero-order valence-electron chi connectivity index (χ0n) is 14.5. The summed E-state index contributed by atoms with van der Waals surface area (Å²) in [4.78, 5) is 23.1. The molecule has 0 saturated carbocycles. The van der Waals surface area contributed by atoms with Crippen molar-refractivity contribution in [3.8, 4) is 5.75 Å². The fourth-order valence-electron chi connectivity index (χ4n) is 1.79. The van der Waals surface area contributed by atoms with Crippen molar-refractivity contribution in [1.82, 2.24) is 5.32 Å². The monoisotopic (exact) mass is 395 g/mol. The molecule has 0 aliphatic carbocycles. The summed E-state index contributed by atoms with van der Waals surface area (Å²) in [6.45, 7) is 4.66. The van der Waals surface area contributed by atoms with Crippen molar-refractivity contribution in [2.24, 2.45) is 16.1 Å². The standard InChI is InChI=1S/C17H18ClN3O4S/c1-10(2)9-25-13-5-4-12(18)6-11(13)8-19-21-17-20-16(23)14(26-17)7-15(22)24-3/h4-8,10H,9H2,1-3H3,(H,20,21,23)/b14-7+,19-8?. The van der Waals surface area contributed by atoms with Crippen LogP contribution in [0, 0.1) is 5.92 Å². The minimum atomic E-state index is -0.613. The van der Waals surface area contributed by atoms with Gasteiger partial charge in [0.15, 0.2) is 5.17 Å². The summed E-state index contributed by atoms with van der Waals surface area (Å²) < 4.78 is 10.2. The van der Waals surface area contributed by atoms with Gasteiger partial charge in [0.2, 0.25) is 0 Å². The van der Waals surface area contributed by atoms with E-state index >= 15 is 0 Å². The van der Waals surface area contributed by atoms with Gasteiger partial charge in [-0.3, -0.25) is 10.1 Å². The summed E-state index contributed by atoms with van der Waals surface area (Å²) in [6.07, 6.45) is 2.59. The Kier molecular flexibility index (Phi) is 7.23. The molecule has 1 saturated heterocycles. The Balaban J connectivity index is 2.12. The molecule has 0 radical (unpaired) electrons. The van der Waals surface area contributed by atoms with E-state index in [1.807, 2.05) is 0 Å². The van der Waals surface area contributed by atoms with Gasteiger partial charge in [0.25, 0.3) is 5.91 Å². The fraction of sp³-hybridized carbons (Fsp3) is 0.294.